The fourth-order valence-corrected chi connectivity index (χ4v) is 4.67. The predicted octanol–water partition coefficient (Wildman–Crippen LogP) is 1.85. The first-order valence-electron chi connectivity index (χ1n) is 8.83. The van der Waals surface area contributed by atoms with Crippen LogP contribution in [0.5, 0.6) is 0 Å². The van der Waals surface area contributed by atoms with Gasteiger partial charge in [-0.15, -0.1) is 0 Å². The molecule has 0 saturated carbocycles. The average molecular weight is 401 g/mol. The second-order valence-electron chi connectivity index (χ2n) is 7.07. The Morgan fingerprint density at radius 2 is 1.48 bits per heavy atom. The van der Waals surface area contributed by atoms with Gasteiger partial charge in [0.05, 0.1) is 5.75 Å². The Labute approximate surface area is 159 Å². The van der Waals surface area contributed by atoms with Crippen LogP contribution in [0.15, 0.2) is 5.03 Å². The number of ether oxygens (including phenoxy) is 2. The van der Waals surface area contributed by atoms with Crippen molar-refractivity contribution >= 4 is 22.0 Å². The van der Waals surface area contributed by atoms with Crippen LogP contribution in [0.4, 0.5) is 9.59 Å². The van der Waals surface area contributed by atoms with E-state index >= 15 is 0 Å². The minimum Gasteiger partial charge on any atom is -0.445 e. The lowest BCUT2D eigenvalue weighted by atomic mass is 10.1. The smallest absolute Gasteiger partial charge is 0.407 e. The molecule has 2 rings (SSSR count). The lowest BCUT2D eigenvalue weighted by molar-refractivity contribution is 0.128. The van der Waals surface area contributed by atoms with Crippen LogP contribution >= 0.6 is 0 Å². The Hall–Kier alpha value is -2.23. The summed E-state index contributed by atoms with van der Waals surface area (Å²) in [5, 5.41) is 5.33. The molecule has 10 heteroatoms. The Morgan fingerprint density at radius 3 is 1.96 bits per heavy atom. The van der Waals surface area contributed by atoms with Crippen LogP contribution in [0.2, 0.25) is 0 Å². The minimum atomic E-state index is -3.47. The number of alkyl carbamates (subject to hydrolysis) is 2. The van der Waals surface area contributed by atoms with Gasteiger partial charge in [0.15, 0.2) is 9.84 Å². The van der Waals surface area contributed by atoms with Gasteiger partial charge in [-0.2, -0.15) is 0 Å². The average Bonchev–Trinajstić information content (AvgIpc) is 2.98. The van der Waals surface area contributed by atoms with Crippen LogP contribution in [-0.4, -0.2) is 43.0 Å². The summed E-state index contributed by atoms with van der Waals surface area (Å²) in [4.78, 5) is 23.6. The van der Waals surface area contributed by atoms with Gasteiger partial charge in [-0.3, -0.25) is 0 Å². The third kappa shape index (κ3) is 4.94. The maximum atomic E-state index is 12.4. The lowest BCUT2D eigenvalue weighted by Crippen LogP contribution is -2.31. The van der Waals surface area contributed by atoms with E-state index in [0.29, 0.717) is 23.4 Å². The van der Waals surface area contributed by atoms with E-state index in [1.807, 2.05) is 0 Å². The predicted molar refractivity (Wildman–Crippen MR) is 98.1 cm³/mol. The van der Waals surface area contributed by atoms with E-state index in [1.165, 1.54) is 0 Å². The topological polar surface area (TPSA) is 116 Å². The molecule has 0 spiro atoms. The van der Waals surface area contributed by atoms with E-state index in [9.17, 15) is 18.0 Å². The van der Waals surface area contributed by atoms with Gasteiger partial charge in [-0.25, -0.2) is 18.0 Å². The van der Waals surface area contributed by atoms with Crippen molar-refractivity contribution in [2.45, 2.75) is 71.5 Å². The van der Waals surface area contributed by atoms with Gasteiger partial charge in [-0.1, -0.05) is 0 Å². The van der Waals surface area contributed by atoms with E-state index in [-0.39, 0.29) is 36.1 Å². The summed E-state index contributed by atoms with van der Waals surface area (Å²) < 4.78 is 37.0. The fraction of sp³-hybridized carbons (Fsp3) is 0.647. The first-order valence-corrected chi connectivity index (χ1v) is 10.5. The molecule has 152 valence electrons. The van der Waals surface area contributed by atoms with Crippen molar-refractivity contribution in [2.75, 3.05) is 5.75 Å². The van der Waals surface area contributed by atoms with Gasteiger partial charge in [-0.05, 0) is 34.6 Å². The zero-order valence-corrected chi connectivity index (χ0v) is 17.1. The summed E-state index contributed by atoms with van der Waals surface area (Å²) in [5.41, 5.74) is 1.59. The Morgan fingerprint density at radius 1 is 1.00 bits per heavy atom. The number of fused-ring (bicyclic) bond motifs is 1. The van der Waals surface area contributed by atoms with Gasteiger partial charge in [0, 0.05) is 35.4 Å². The molecule has 2 N–H and O–H groups in total. The molecule has 0 atom stereocenters. The maximum Gasteiger partial charge on any atom is 0.407 e. The highest BCUT2D eigenvalue weighted by Crippen LogP contribution is 2.33. The number of hydrogen-bond donors (Lipinski definition) is 2. The molecule has 0 radical (unpaired) electrons. The molecule has 0 fully saturated rings. The van der Waals surface area contributed by atoms with Crippen LogP contribution in [0, 0.1) is 6.92 Å². The van der Waals surface area contributed by atoms with Crippen molar-refractivity contribution in [1.82, 2.24) is 15.2 Å². The lowest BCUT2D eigenvalue weighted by Gasteiger charge is -2.13. The molecule has 1 aliphatic rings. The highest BCUT2D eigenvalue weighted by atomic mass is 32.2. The van der Waals surface area contributed by atoms with E-state index < -0.39 is 22.0 Å². The van der Waals surface area contributed by atoms with Crippen LogP contribution in [-0.2, 0) is 39.1 Å². The minimum absolute atomic E-state index is 0.00331. The van der Waals surface area contributed by atoms with Crippen molar-refractivity contribution in [1.29, 1.82) is 0 Å². The molecule has 0 aliphatic carbocycles. The van der Waals surface area contributed by atoms with Gasteiger partial charge in [0.1, 0.15) is 18.2 Å². The van der Waals surface area contributed by atoms with Gasteiger partial charge in [0.2, 0.25) is 0 Å². The molecule has 0 saturated heterocycles. The Bertz CT molecular complexity index is 826. The first kappa shape index (κ1) is 21.1. The first-order chi connectivity index (χ1) is 12.5. The summed E-state index contributed by atoms with van der Waals surface area (Å²) in [7, 11) is -3.47. The van der Waals surface area contributed by atoms with Gasteiger partial charge >= 0.3 is 12.2 Å². The summed E-state index contributed by atoms with van der Waals surface area (Å²) in [6.07, 6.45) is -1.23. The monoisotopic (exact) mass is 401 g/mol. The second-order valence-corrected chi connectivity index (χ2v) is 9.09. The molecule has 2 amide bonds. The molecule has 1 aliphatic heterocycles. The molecule has 2 heterocycles. The van der Waals surface area contributed by atoms with Gasteiger partial charge < -0.3 is 24.7 Å². The van der Waals surface area contributed by atoms with Crippen molar-refractivity contribution in [2.24, 2.45) is 0 Å². The van der Waals surface area contributed by atoms with Crippen molar-refractivity contribution in [3.05, 3.63) is 16.8 Å². The van der Waals surface area contributed by atoms with Crippen LogP contribution in [0.1, 0.15) is 44.5 Å². The third-order valence-corrected chi connectivity index (χ3v) is 5.87. The van der Waals surface area contributed by atoms with Crippen molar-refractivity contribution in [3.8, 4) is 0 Å². The molecule has 9 nitrogen and oxygen atoms in total. The second kappa shape index (κ2) is 8.20. The number of hydrogen-bond acceptors (Lipinski definition) is 6. The van der Waals surface area contributed by atoms with Crippen LogP contribution < -0.4 is 10.6 Å². The summed E-state index contributed by atoms with van der Waals surface area (Å²) >= 11 is 0. The number of nitrogens with one attached hydrogen (secondary N) is 2. The van der Waals surface area contributed by atoms with E-state index in [2.05, 4.69) is 10.6 Å². The summed E-state index contributed by atoms with van der Waals surface area (Å²) in [5.74, 6) is 0.00331. The van der Waals surface area contributed by atoms with E-state index in [4.69, 9.17) is 9.47 Å². The highest BCUT2D eigenvalue weighted by Gasteiger charge is 2.35. The number of aromatic nitrogens is 1. The van der Waals surface area contributed by atoms with E-state index in [0.717, 1.165) is 0 Å². The normalized spacial score (nSPS) is 14.9. The number of carbonyl (C=O) groups is 2. The molecule has 27 heavy (non-hydrogen) atoms. The number of rotatable bonds is 6. The number of amides is 2. The molecule has 0 bridgehead atoms. The molecule has 1 aromatic rings. The maximum absolute atomic E-state index is 12.4. The zero-order chi connectivity index (χ0) is 20.4. The number of sulfone groups is 1. The molecule has 0 aromatic carbocycles. The Kier molecular flexibility index (Phi) is 6.40. The third-order valence-electron chi connectivity index (χ3n) is 4.10. The quantitative estimate of drug-likeness (QED) is 0.752. The zero-order valence-electron chi connectivity index (χ0n) is 16.3. The summed E-state index contributed by atoms with van der Waals surface area (Å²) in [6, 6.07) is -0.189. The molecule has 1 aromatic heterocycles. The van der Waals surface area contributed by atoms with Crippen LogP contribution in [0.3, 0.4) is 0 Å². The fourth-order valence-electron chi connectivity index (χ4n) is 2.93. The SMILES string of the molecule is Cc1c(COC(=O)NC(C)C)c(COC(=O)NC(C)C)c2n1CCS2(=O)=O. The molecule has 0 unspecified atom stereocenters. The number of carbonyl (C=O) groups excluding carboxylic acids is 2. The van der Waals surface area contributed by atoms with Crippen molar-refractivity contribution < 1.29 is 27.5 Å². The highest BCUT2D eigenvalue weighted by molar-refractivity contribution is 7.91. The standard InChI is InChI=1S/C17H27N3O6S/c1-10(2)18-16(21)25-8-13-12(5)20-6-7-27(23,24)15(20)14(13)9-26-17(22)19-11(3)4/h10-11H,6-9H2,1-5H3,(H,18,21)(H,19,22). The van der Waals surface area contributed by atoms with Crippen molar-refractivity contribution in [3.63, 3.8) is 0 Å². The number of nitrogens with zero attached hydrogens (tertiary/aromatic N) is 1. The molecular formula is C17H27N3O6S. The summed E-state index contributed by atoms with van der Waals surface area (Å²) in [6.45, 7) is 8.96. The van der Waals surface area contributed by atoms with E-state index in [1.54, 1.807) is 39.2 Å². The van der Waals surface area contributed by atoms with Gasteiger partial charge in [0.25, 0.3) is 0 Å². The molecular weight excluding hydrogens is 374 g/mol. The largest absolute Gasteiger partial charge is 0.445 e. The van der Waals surface area contributed by atoms with Crippen LogP contribution in [0.25, 0.3) is 0 Å². The Balaban J connectivity index is 2.27.